The maximum absolute atomic E-state index is 6.23. The lowest BCUT2D eigenvalue weighted by atomic mass is 9.86. The molecule has 0 aliphatic heterocycles. The monoisotopic (exact) mass is 291 g/mol. The van der Waals surface area contributed by atoms with Gasteiger partial charge >= 0.3 is 0 Å². The van der Waals surface area contributed by atoms with Crippen molar-refractivity contribution < 1.29 is 9.47 Å². The van der Waals surface area contributed by atoms with E-state index in [0.29, 0.717) is 12.6 Å². The Morgan fingerprint density at radius 1 is 1.14 bits per heavy atom. The first-order valence-corrected chi connectivity index (χ1v) is 8.39. The highest BCUT2D eigenvalue weighted by Crippen LogP contribution is 2.32. The minimum absolute atomic E-state index is 0.333. The molecule has 0 bridgehead atoms. The van der Waals surface area contributed by atoms with Gasteiger partial charge in [-0.2, -0.15) is 0 Å². The van der Waals surface area contributed by atoms with Gasteiger partial charge in [-0.05, 0) is 44.1 Å². The van der Waals surface area contributed by atoms with Crippen LogP contribution in [-0.4, -0.2) is 12.7 Å². The molecule has 3 nitrogen and oxygen atoms in total. The maximum atomic E-state index is 6.23. The molecule has 118 valence electrons. The van der Waals surface area contributed by atoms with Gasteiger partial charge in [-0.3, -0.25) is 0 Å². The van der Waals surface area contributed by atoms with Crippen molar-refractivity contribution in [3.63, 3.8) is 0 Å². The Kier molecular flexibility index (Phi) is 6.37. The number of hydrogen-bond acceptors (Lipinski definition) is 3. The van der Waals surface area contributed by atoms with Crippen molar-refractivity contribution in [2.75, 3.05) is 6.61 Å². The van der Waals surface area contributed by atoms with Crippen molar-refractivity contribution in [1.82, 2.24) is 0 Å². The van der Waals surface area contributed by atoms with Crippen molar-refractivity contribution in [3.05, 3.63) is 23.8 Å². The van der Waals surface area contributed by atoms with Gasteiger partial charge < -0.3 is 15.2 Å². The molecule has 0 saturated heterocycles. The molecule has 0 heterocycles. The van der Waals surface area contributed by atoms with E-state index in [1.54, 1.807) is 0 Å². The zero-order valence-corrected chi connectivity index (χ0v) is 13.4. The van der Waals surface area contributed by atoms with E-state index < -0.39 is 0 Å². The van der Waals surface area contributed by atoms with Crippen LogP contribution in [0.4, 0.5) is 0 Å². The van der Waals surface area contributed by atoms with Crippen LogP contribution in [0, 0.1) is 5.92 Å². The molecule has 2 rings (SSSR count). The normalized spacial score (nSPS) is 22.0. The predicted molar refractivity (Wildman–Crippen MR) is 86.8 cm³/mol. The Balaban J connectivity index is 2.00. The summed E-state index contributed by atoms with van der Waals surface area (Å²) in [6.45, 7) is 5.64. The summed E-state index contributed by atoms with van der Waals surface area (Å²) in [7, 11) is 0. The van der Waals surface area contributed by atoms with E-state index in [1.165, 1.54) is 19.3 Å². The molecule has 0 amide bonds. The lowest BCUT2D eigenvalue weighted by molar-refractivity contribution is 0.128. The van der Waals surface area contributed by atoms with Gasteiger partial charge in [0.1, 0.15) is 11.5 Å². The number of benzene rings is 1. The summed E-state index contributed by atoms with van der Waals surface area (Å²) in [6, 6.07) is 6.01. The molecule has 0 atom stereocenters. The third-order valence-corrected chi connectivity index (χ3v) is 4.40. The van der Waals surface area contributed by atoms with E-state index in [-0.39, 0.29) is 0 Å². The van der Waals surface area contributed by atoms with Gasteiger partial charge in [0.2, 0.25) is 0 Å². The molecule has 3 heteroatoms. The third-order valence-electron chi connectivity index (χ3n) is 4.40. The molecular weight excluding hydrogens is 262 g/mol. The van der Waals surface area contributed by atoms with Crippen molar-refractivity contribution in [3.8, 4) is 11.5 Å². The van der Waals surface area contributed by atoms with E-state index >= 15 is 0 Å². The van der Waals surface area contributed by atoms with Crippen LogP contribution < -0.4 is 15.2 Å². The second kappa shape index (κ2) is 8.28. The molecule has 0 aromatic heterocycles. The molecule has 2 N–H and O–H groups in total. The molecule has 1 saturated carbocycles. The minimum atomic E-state index is 0.333. The van der Waals surface area contributed by atoms with Crippen LogP contribution in [0.5, 0.6) is 11.5 Å². The standard InChI is InChI=1S/C18H29NO2/c1-3-11-20-17-10-7-15(13-19)18(12-17)21-16-8-5-14(4-2)6-9-16/h7,10,12,14,16H,3-6,8-9,11,13,19H2,1-2H3. The lowest BCUT2D eigenvalue weighted by Crippen LogP contribution is -2.24. The third kappa shape index (κ3) is 4.63. The molecule has 1 fully saturated rings. The predicted octanol–water partition coefficient (Wildman–Crippen LogP) is 4.28. The van der Waals surface area contributed by atoms with E-state index in [0.717, 1.165) is 48.8 Å². The molecule has 0 unspecified atom stereocenters. The SMILES string of the molecule is CCCOc1ccc(CN)c(OC2CCC(CC)CC2)c1. The van der Waals surface area contributed by atoms with Crippen LogP contribution in [0.3, 0.4) is 0 Å². The molecule has 1 aromatic carbocycles. The topological polar surface area (TPSA) is 44.5 Å². The van der Waals surface area contributed by atoms with Gasteiger partial charge in [-0.25, -0.2) is 0 Å². The van der Waals surface area contributed by atoms with Gasteiger partial charge in [0.25, 0.3) is 0 Å². The summed E-state index contributed by atoms with van der Waals surface area (Å²) in [5, 5.41) is 0. The largest absolute Gasteiger partial charge is 0.493 e. The highest BCUT2D eigenvalue weighted by Gasteiger charge is 2.22. The van der Waals surface area contributed by atoms with E-state index in [1.807, 2.05) is 18.2 Å². The van der Waals surface area contributed by atoms with Crippen molar-refractivity contribution in [2.45, 2.75) is 65.0 Å². The average Bonchev–Trinajstić information content (AvgIpc) is 2.54. The molecular formula is C18H29NO2. The molecule has 0 spiro atoms. The van der Waals surface area contributed by atoms with Crippen LogP contribution in [0.2, 0.25) is 0 Å². The summed E-state index contributed by atoms with van der Waals surface area (Å²) in [5.74, 6) is 2.68. The van der Waals surface area contributed by atoms with Gasteiger partial charge in [-0.15, -0.1) is 0 Å². The highest BCUT2D eigenvalue weighted by atomic mass is 16.5. The van der Waals surface area contributed by atoms with Crippen LogP contribution in [0.25, 0.3) is 0 Å². The van der Waals surface area contributed by atoms with Gasteiger partial charge in [0, 0.05) is 18.2 Å². The van der Waals surface area contributed by atoms with Crippen LogP contribution in [0.1, 0.15) is 57.9 Å². The van der Waals surface area contributed by atoms with Crippen LogP contribution in [0.15, 0.2) is 18.2 Å². The van der Waals surface area contributed by atoms with E-state index in [9.17, 15) is 0 Å². The van der Waals surface area contributed by atoms with Crippen molar-refractivity contribution in [1.29, 1.82) is 0 Å². The summed E-state index contributed by atoms with van der Waals surface area (Å²) < 4.78 is 11.9. The summed E-state index contributed by atoms with van der Waals surface area (Å²) in [4.78, 5) is 0. The number of hydrogen-bond donors (Lipinski definition) is 1. The lowest BCUT2D eigenvalue weighted by Gasteiger charge is -2.29. The molecule has 0 radical (unpaired) electrons. The Morgan fingerprint density at radius 3 is 2.52 bits per heavy atom. The minimum Gasteiger partial charge on any atom is -0.493 e. The fourth-order valence-corrected chi connectivity index (χ4v) is 2.96. The van der Waals surface area contributed by atoms with E-state index in [2.05, 4.69) is 13.8 Å². The number of rotatable bonds is 7. The highest BCUT2D eigenvalue weighted by molar-refractivity contribution is 5.40. The fraction of sp³-hybridized carbons (Fsp3) is 0.667. The molecule has 1 aliphatic carbocycles. The van der Waals surface area contributed by atoms with Gasteiger partial charge in [0.05, 0.1) is 12.7 Å². The first kappa shape index (κ1) is 16.2. The second-order valence-corrected chi connectivity index (χ2v) is 5.99. The summed E-state index contributed by atoms with van der Waals surface area (Å²) >= 11 is 0. The molecule has 1 aliphatic rings. The van der Waals surface area contributed by atoms with Gasteiger partial charge in [0.15, 0.2) is 0 Å². The Hall–Kier alpha value is -1.22. The van der Waals surface area contributed by atoms with Gasteiger partial charge in [-0.1, -0.05) is 26.3 Å². The first-order chi connectivity index (χ1) is 10.3. The zero-order valence-electron chi connectivity index (χ0n) is 13.4. The average molecular weight is 291 g/mol. The number of nitrogens with two attached hydrogens (primary N) is 1. The zero-order chi connectivity index (χ0) is 15.1. The molecule has 21 heavy (non-hydrogen) atoms. The quantitative estimate of drug-likeness (QED) is 0.815. The summed E-state index contributed by atoms with van der Waals surface area (Å²) in [5.41, 5.74) is 6.89. The Bertz CT molecular complexity index is 425. The Morgan fingerprint density at radius 2 is 1.90 bits per heavy atom. The maximum Gasteiger partial charge on any atom is 0.127 e. The second-order valence-electron chi connectivity index (χ2n) is 5.99. The van der Waals surface area contributed by atoms with E-state index in [4.69, 9.17) is 15.2 Å². The molecule has 1 aromatic rings. The smallest absolute Gasteiger partial charge is 0.127 e. The Labute approximate surface area is 128 Å². The summed E-state index contributed by atoms with van der Waals surface area (Å²) in [6.07, 6.45) is 7.51. The number of ether oxygens (including phenoxy) is 2. The van der Waals surface area contributed by atoms with Crippen molar-refractivity contribution >= 4 is 0 Å². The van der Waals surface area contributed by atoms with Crippen molar-refractivity contribution in [2.24, 2.45) is 11.7 Å². The fourth-order valence-electron chi connectivity index (χ4n) is 2.96. The van der Waals surface area contributed by atoms with Crippen LogP contribution in [-0.2, 0) is 6.54 Å². The first-order valence-electron chi connectivity index (χ1n) is 8.39. The van der Waals surface area contributed by atoms with Crippen LogP contribution >= 0.6 is 0 Å².